The molecule has 1 saturated heterocycles. The van der Waals surface area contributed by atoms with Crippen molar-refractivity contribution >= 4 is 44.4 Å². The lowest BCUT2D eigenvalue weighted by Gasteiger charge is -2.31. The maximum absolute atomic E-state index is 13.4. The fourth-order valence-electron chi connectivity index (χ4n) is 4.77. The number of piperidine rings is 1. The van der Waals surface area contributed by atoms with Crippen LogP contribution in [0.25, 0.3) is 10.8 Å². The van der Waals surface area contributed by atoms with Crippen molar-refractivity contribution in [3.8, 4) is 0 Å². The largest absolute Gasteiger partial charge is 0.450 e. The van der Waals surface area contributed by atoms with Crippen LogP contribution < -0.4 is 9.62 Å². The lowest BCUT2D eigenvalue weighted by Crippen LogP contribution is -2.46. The number of carbonyl (C=O) groups excluding carboxylic acids is 3. The van der Waals surface area contributed by atoms with Crippen LogP contribution >= 0.6 is 0 Å². The summed E-state index contributed by atoms with van der Waals surface area (Å²) >= 11 is 0. The van der Waals surface area contributed by atoms with Gasteiger partial charge in [-0.1, -0.05) is 36.4 Å². The van der Waals surface area contributed by atoms with Crippen LogP contribution in [0.15, 0.2) is 65.6 Å². The summed E-state index contributed by atoms with van der Waals surface area (Å²) in [5, 5.41) is 0.884. The van der Waals surface area contributed by atoms with Crippen LogP contribution in [-0.2, 0) is 14.8 Å². The van der Waals surface area contributed by atoms with E-state index in [1.807, 2.05) is 0 Å². The van der Waals surface area contributed by atoms with E-state index >= 15 is 0 Å². The lowest BCUT2D eigenvalue weighted by atomic mass is 10.1. The van der Waals surface area contributed by atoms with Gasteiger partial charge in [0.05, 0.1) is 28.3 Å². The number of nitrogens with zero attached hydrogens (tertiary/aromatic N) is 2. The monoisotopic (exact) mass is 507 g/mol. The molecule has 1 N–H and O–H groups in total. The molecule has 0 bridgehead atoms. The number of rotatable bonds is 5. The molecule has 1 fully saturated rings. The Bertz CT molecular complexity index is 1440. The maximum atomic E-state index is 13.4. The molecule has 0 unspecified atom stereocenters. The lowest BCUT2D eigenvalue weighted by molar-refractivity contribution is 0.0923. The highest BCUT2D eigenvalue weighted by molar-refractivity contribution is 7.89. The highest BCUT2D eigenvalue weighted by atomic mass is 32.2. The third-order valence-electron chi connectivity index (χ3n) is 6.53. The highest BCUT2D eigenvalue weighted by Crippen LogP contribution is 2.36. The average molecular weight is 508 g/mol. The summed E-state index contributed by atoms with van der Waals surface area (Å²) in [5.41, 5.74) is 0.969. The van der Waals surface area contributed by atoms with E-state index in [4.69, 9.17) is 4.74 Å². The molecule has 2 aliphatic rings. The molecule has 36 heavy (non-hydrogen) atoms. The molecule has 3 amide bonds. The molecular formula is C26H25N3O6S. The number of hydrogen-bond donors (Lipinski definition) is 1. The van der Waals surface area contributed by atoms with Gasteiger partial charge in [-0.05, 0) is 44.0 Å². The minimum Gasteiger partial charge on any atom is -0.450 e. The van der Waals surface area contributed by atoms with Crippen molar-refractivity contribution in [2.24, 2.45) is 0 Å². The molecule has 3 aromatic rings. The molecule has 10 heteroatoms. The molecule has 2 aliphatic heterocycles. The third-order valence-corrected chi connectivity index (χ3v) is 8.11. The predicted molar refractivity (Wildman–Crippen MR) is 133 cm³/mol. The minimum atomic E-state index is -3.93. The Morgan fingerprint density at radius 1 is 0.917 bits per heavy atom. The van der Waals surface area contributed by atoms with Crippen molar-refractivity contribution in [3.05, 3.63) is 71.8 Å². The Balaban J connectivity index is 1.43. The Morgan fingerprint density at radius 3 is 2.11 bits per heavy atom. The van der Waals surface area contributed by atoms with Gasteiger partial charge in [0.2, 0.25) is 10.0 Å². The summed E-state index contributed by atoms with van der Waals surface area (Å²) in [4.78, 5) is 40.8. The molecule has 9 nitrogen and oxygen atoms in total. The highest BCUT2D eigenvalue weighted by Gasteiger charge is 2.37. The zero-order valence-corrected chi connectivity index (χ0v) is 20.5. The second-order valence-electron chi connectivity index (χ2n) is 8.70. The number of sulfonamides is 1. The predicted octanol–water partition coefficient (Wildman–Crippen LogP) is 3.54. The summed E-state index contributed by atoms with van der Waals surface area (Å²) in [6.45, 7) is 2.81. The summed E-state index contributed by atoms with van der Waals surface area (Å²) in [6, 6.07) is 16.0. The van der Waals surface area contributed by atoms with Crippen LogP contribution in [0.1, 0.15) is 40.5 Å². The number of fused-ring (bicyclic) bond motifs is 2. The average Bonchev–Trinajstić information content (AvgIpc) is 3.13. The smallest absolute Gasteiger partial charge is 0.409 e. The number of likely N-dealkylation sites (tertiary alicyclic amines) is 1. The van der Waals surface area contributed by atoms with Crippen LogP contribution in [0.3, 0.4) is 0 Å². The van der Waals surface area contributed by atoms with Gasteiger partial charge >= 0.3 is 6.09 Å². The van der Waals surface area contributed by atoms with E-state index in [1.165, 1.54) is 12.1 Å². The summed E-state index contributed by atoms with van der Waals surface area (Å²) in [5.74, 6) is -0.884. The molecule has 186 valence electrons. The van der Waals surface area contributed by atoms with Crippen LogP contribution in [0.4, 0.5) is 10.5 Å². The zero-order chi connectivity index (χ0) is 25.4. The van der Waals surface area contributed by atoms with Crippen LogP contribution in [-0.4, -0.2) is 57.0 Å². The Kier molecular flexibility index (Phi) is 6.23. The topological polar surface area (TPSA) is 113 Å². The number of carbonyl (C=O) groups is 3. The quantitative estimate of drug-likeness (QED) is 0.529. The Labute approximate surface area is 208 Å². The normalized spacial score (nSPS) is 16.5. The minimum absolute atomic E-state index is 0.0614. The second kappa shape index (κ2) is 9.36. The number of benzene rings is 3. The van der Waals surface area contributed by atoms with E-state index in [1.54, 1.807) is 60.4 Å². The first-order valence-corrected chi connectivity index (χ1v) is 13.2. The summed E-state index contributed by atoms with van der Waals surface area (Å²) in [6.07, 6.45) is 0.528. The van der Waals surface area contributed by atoms with Gasteiger partial charge in [-0.15, -0.1) is 0 Å². The molecule has 0 aromatic heterocycles. The van der Waals surface area contributed by atoms with Crippen LogP contribution in [0, 0.1) is 0 Å². The summed E-state index contributed by atoms with van der Waals surface area (Å²) in [7, 11) is -3.93. The standard InChI is InChI=1S/C26H25N3O6S/c1-2-35-26(32)28-15-13-17(14-16-28)27-36(33,34)23-12-11-22(18-7-3-4-8-19(18)23)29-24(30)20-9-5-6-10-21(20)25(29)31/h3-12,17,27H,2,13-16H2,1H3. The van der Waals surface area contributed by atoms with Gasteiger partial charge in [-0.2, -0.15) is 0 Å². The van der Waals surface area contributed by atoms with Gasteiger partial charge in [0, 0.05) is 29.9 Å². The fraction of sp³-hybridized carbons (Fsp3) is 0.269. The first-order valence-electron chi connectivity index (χ1n) is 11.8. The molecule has 0 saturated carbocycles. The second-order valence-corrected chi connectivity index (χ2v) is 10.4. The Hall–Kier alpha value is -3.76. The van der Waals surface area contributed by atoms with Crippen molar-refractivity contribution < 1.29 is 27.5 Å². The van der Waals surface area contributed by atoms with E-state index in [0.717, 1.165) is 4.90 Å². The van der Waals surface area contributed by atoms with Crippen molar-refractivity contribution in [1.82, 2.24) is 9.62 Å². The first-order chi connectivity index (χ1) is 17.3. The number of ether oxygens (including phenoxy) is 1. The molecular weight excluding hydrogens is 482 g/mol. The number of amides is 3. The maximum Gasteiger partial charge on any atom is 0.409 e. The van der Waals surface area contributed by atoms with Crippen molar-refractivity contribution in [3.63, 3.8) is 0 Å². The van der Waals surface area contributed by atoms with E-state index < -0.39 is 27.9 Å². The van der Waals surface area contributed by atoms with Gasteiger partial charge in [-0.25, -0.2) is 22.8 Å². The number of hydrogen-bond acceptors (Lipinski definition) is 6. The van der Waals surface area contributed by atoms with Gasteiger partial charge in [0.1, 0.15) is 0 Å². The molecule has 5 rings (SSSR count). The number of imide groups is 1. The van der Waals surface area contributed by atoms with Gasteiger partial charge < -0.3 is 9.64 Å². The van der Waals surface area contributed by atoms with Crippen molar-refractivity contribution in [1.29, 1.82) is 0 Å². The number of anilines is 1. The van der Waals surface area contributed by atoms with Gasteiger partial charge in [0.25, 0.3) is 11.8 Å². The van der Waals surface area contributed by atoms with Crippen LogP contribution in [0.5, 0.6) is 0 Å². The molecule has 0 spiro atoms. The molecule has 0 aliphatic carbocycles. The molecule has 3 aromatic carbocycles. The molecule has 2 heterocycles. The number of nitrogens with one attached hydrogen (secondary N) is 1. The van der Waals surface area contributed by atoms with E-state index in [-0.39, 0.29) is 17.5 Å². The zero-order valence-electron chi connectivity index (χ0n) is 19.6. The van der Waals surface area contributed by atoms with Gasteiger partial charge in [-0.3, -0.25) is 9.59 Å². The fourth-order valence-corrected chi connectivity index (χ4v) is 6.29. The van der Waals surface area contributed by atoms with E-state index in [0.29, 0.717) is 53.5 Å². The molecule has 0 radical (unpaired) electrons. The van der Waals surface area contributed by atoms with Gasteiger partial charge in [0.15, 0.2) is 0 Å². The van der Waals surface area contributed by atoms with Crippen molar-refractivity contribution in [2.45, 2.75) is 30.7 Å². The summed E-state index contributed by atoms with van der Waals surface area (Å²) < 4.78 is 34.6. The molecule has 0 atom stereocenters. The van der Waals surface area contributed by atoms with Crippen LogP contribution in [0.2, 0.25) is 0 Å². The third kappa shape index (κ3) is 4.12. The van der Waals surface area contributed by atoms with E-state index in [9.17, 15) is 22.8 Å². The SMILES string of the molecule is CCOC(=O)N1CCC(NS(=O)(=O)c2ccc(N3C(=O)c4ccccc4C3=O)c3ccccc23)CC1. The first kappa shape index (κ1) is 24.0. The Morgan fingerprint density at radius 2 is 1.50 bits per heavy atom. The van der Waals surface area contributed by atoms with Crippen molar-refractivity contribution in [2.75, 3.05) is 24.6 Å². The van der Waals surface area contributed by atoms with E-state index in [2.05, 4.69) is 4.72 Å².